The Balaban J connectivity index is 2.19. The lowest BCUT2D eigenvalue weighted by Crippen LogP contribution is -2.01. The van der Waals surface area contributed by atoms with E-state index in [-0.39, 0.29) is 6.61 Å². The summed E-state index contributed by atoms with van der Waals surface area (Å²) in [7, 11) is 0. The monoisotopic (exact) mass is 347 g/mol. The second-order valence-electron chi connectivity index (χ2n) is 4.47. The molecule has 0 aliphatic rings. The first-order valence-electron chi connectivity index (χ1n) is 6.60. The number of ether oxygens (including phenoxy) is 1. The van der Waals surface area contributed by atoms with E-state index in [0.717, 1.165) is 21.1 Å². The molecule has 6 heteroatoms. The highest BCUT2D eigenvalue weighted by Crippen LogP contribution is 2.31. The summed E-state index contributed by atoms with van der Waals surface area (Å²) in [5.41, 5.74) is 1.51. The number of rotatable bonds is 4. The van der Waals surface area contributed by atoms with Gasteiger partial charge in [0.1, 0.15) is 5.75 Å². The molecule has 0 fully saturated rings. The van der Waals surface area contributed by atoms with Gasteiger partial charge in [0, 0.05) is 4.47 Å². The maximum Gasteiger partial charge on any atom is 0.154 e. The number of benzene rings is 1. The normalized spacial score (nSPS) is 11.0. The van der Waals surface area contributed by atoms with Crippen molar-refractivity contribution in [3.05, 3.63) is 46.7 Å². The van der Waals surface area contributed by atoms with E-state index in [2.05, 4.69) is 26.0 Å². The van der Waals surface area contributed by atoms with E-state index in [0.29, 0.717) is 18.1 Å². The average Bonchev–Trinajstić information content (AvgIpc) is 2.91. The van der Waals surface area contributed by atoms with Gasteiger partial charge >= 0.3 is 0 Å². The van der Waals surface area contributed by atoms with Crippen LogP contribution in [-0.4, -0.2) is 26.5 Å². The third-order valence-electron chi connectivity index (χ3n) is 3.09. The third-order valence-corrected chi connectivity index (χ3v) is 3.54. The number of aliphatic hydroxyl groups is 1. The van der Waals surface area contributed by atoms with E-state index in [1.165, 1.54) is 0 Å². The van der Waals surface area contributed by atoms with Crippen LogP contribution in [0, 0.1) is 0 Å². The lowest BCUT2D eigenvalue weighted by molar-refractivity contribution is 0.276. The van der Waals surface area contributed by atoms with Crippen molar-refractivity contribution >= 4 is 26.8 Å². The predicted octanol–water partition coefficient (Wildman–Crippen LogP) is 3.07. The Morgan fingerprint density at radius 2 is 2.19 bits per heavy atom. The molecule has 0 amide bonds. The number of halogens is 1. The Morgan fingerprint density at radius 3 is 2.95 bits per heavy atom. The number of nitrogens with zero attached hydrogens (tertiary/aromatic N) is 3. The van der Waals surface area contributed by atoms with E-state index in [1.54, 1.807) is 16.9 Å². The molecule has 0 radical (unpaired) electrons. The van der Waals surface area contributed by atoms with Gasteiger partial charge in [-0.25, -0.2) is 9.67 Å². The fourth-order valence-electron chi connectivity index (χ4n) is 2.19. The molecular formula is C15H14BrN3O2. The first-order chi connectivity index (χ1) is 10.2. The van der Waals surface area contributed by atoms with Crippen molar-refractivity contribution in [3.63, 3.8) is 0 Å². The van der Waals surface area contributed by atoms with E-state index in [4.69, 9.17) is 4.74 Å². The molecule has 0 unspecified atom stereocenters. The number of fused-ring (bicyclic) bond motifs is 1. The standard InChI is InChI=1S/C15H14BrN3O2/c1-2-21-14-7-10(16)6-13-12(14)8-17-19(13)15-5-3-4-11(9-20)18-15/h3-8,20H,2,9H2,1H3. The minimum atomic E-state index is -0.0963. The number of aliphatic hydroxyl groups excluding tert-OH is 1. The van der Waals surface area contributed by atoms with Crippen LogP contribution in [0.5, 0.6) is 5.75 Å². The summed E-state index contributed by atoms with van der Waals surface area (Å²) < 4.78 is 8.30. The van der Waals surface area contributed by atoms with Crippen molar-refractivity contribution in [3.8, 4) is 11.6 Å². The van der Waals surface area contributed by atoms with Crippen LogP contribution in [0.3, 0.4) is 0 Å². The zero-order valence-corrected chi connectivity index (χ0v) is 13.0. The summed E-state index contributed by atoms with van der Waals surface area (Å²) in [5.74, 6) is 1.45. The SMILES string of the molecule is CCOc1cc(Br)cc2c1cnn2-c1cccc(CO)n1. The summed E-state index contributed by atoms with van der Waals surface area (Å²) in [6.45, 7) is 2.44. The van der Waals surface area contributed by atoms with Gasteiger partial charge in [-0.3, -0.25) is 0 Å². The molecule has 21 heavy (non-hydrogen) atoms. The van der Waals surface area contributed by atoms with Crippen LogP contribution in [0.4, 0.5) is 0 Å². The summed E-state index contributed by atoms with van der Waals surface area (Å²) in [5, 5.41) is 14.5. The predicted molar refractivity (Wildman–Crippen MR) is 83.7 cm³/mol. The van der Waals surface area contributed by atoms with Gasteiger partial charge in [-0.1, -0.05) is 22.0 Å². The number of pyridine rings is 1. The molecule has 0 saturated heterocycles. The highest BCUT2D eigenvalue weighted by atomic mass is 79.9. The minimum absolute atomic E-state index is 0.0963. The lowest BCUT2D eigenvalue weighted by atomic mass is 10.2. The summed E-state index contributed by atoms with van der Waals surface area (Å²) in [4.78, 5) is 4.38. The molecule has 3 aromatic rings. The van der Waals surface area contributed by atoms with Crippen LogP contribution < -0.4 is 4.74 Å². The maximum atomic E-state index is 9.21. The molecule has 0 spiro atoms. The first-order valence-corrected chi connectivity index (χ1v) is 7.39. The molecule has 108 valence electrons. The maximum absolute atomic E-state index is 9.21. The molecule has 1 aromatic carbocycles. The zero-order chi connectivity index (χ0) is 14.8. The fraction of sp³-hybridized carbons (Fsp3) is 0.200. The van der Waals surface area contributed by atoms with Crippen molar-refractivity contribution in [1.29, 1.82) is 0 Å². The quantitative estimate of drug-likeness (QED) is 0.787. The summed E-state index contributed by atoms with van der Waals surface area (Å²) >= 11 is 3.49. The molecule has 0 aliphatic carbocycles. The third kappa shape index (κ3) is 2.64. The van der Waals surface area contributed by atoms with Crippen molar-refractivity contribution in [2.24, 2.45) is 0 Å². The van der Waals surface area contributed by atoms with Gasteiger partial charge in [0.05, 0.1) is 36.0 Å². The van der Waals surface area contributed by atoms with Crippen LogP contribution in [0.1, 0.15) is 12.6 Å². The molecule has 3 rings (SSSR count). The zero-order valence-electron chi connectivity index (χ0n) is 11.5. The molecule has 2 heterocycles. The van der Waals surface area contributed by atoms with Gasteiger partial charge in [0.15, 0.2) is 5.82 Å². The summed E-state index contributed by atoms with van der Waals surface area (Å²) in [6.07, 6.45) is 1.76. The molecular weight excluding hydrogens is 334 g/mol. The second-order valence-corrected chi connectivity index (χ2v) is 5.39. The largest absolute Gasteiger partial charge is 0.493 e. The smallest absolute Gasteiger partial charge is 0.154 e. The van der Waals surface area contributed by atoms with Gasteiger partial charge in [0.2, 0.25) is 0 Å². The second kappa shape index (κ2) is 5.83. The number of hydrogen-bond donors (Lipinski definition) is 1. The van der Waals surface area contributed by atoms with Crippen molar-refractivity contribution in [2.75, 3.05) is 6.61 Å². The Bertz CT molecular complexity index is 786. The molecule has 0 bridgehead atoms. The Kier molecular flexibility index (Phi) is 3.90. The topological polar surface area (TPSA) is 60.2 Å². The van der Waals surface area contributed by atoms with E-state index in [1.807, 2.05) is 31.2 Å². The molecule has 0 atom stereocenters. The Hall–Kier alpha value is -1.92. The molecule has 0 aliphatic heterocycles. The van der Waals surface area contributed by atoms with Gasteiger partial charge < -0.3 is 9.84 Å². The van der Waals surface area contributed by atoms with Crippen molar-refractivity contribution in [2.45, 2.75) is 13.5 Å². The van der Waals surface area contributed by atoms with Crippen molar-refractivity contribution < 1.29 is 9.84 Å². The van der Waals surface area contributed by atoms with Gasteiger partial charge in [-0.05, 0) is 31.2 Å². The van der Waals surface area contributed by atoms with Crippen LogP contribution in [0.2, 0.25) is 0 Å². The molecule has 5 nitrogen and oxygen atoms in total. The minimum Gasteiger partial charge on any atom is -0.493 e. The fourth-order valence-corrected chi connectivity index (χ4v) is 2.62. The van der Waals surface area contributed by atoms with Crippen LogP contribution >= 0.6 is 15.9 Å². The van der Waals surface area contributed by atoms with Gasteiger partial charge in [-0.2, -0.15) is 5.10 Å². The van der Waals surface area contributed by atoms with Crippen LogP contribution in [-0.2, 0) is 6.61 Å². The Morgan fingerprint density at radius 1 is 1.33 bits per heavy atom. The Labute approximate surface area is 130 Å². The highest BCUT2D eigenvalue weighted by Gasteiger charge is 2.12. The van der Waals surface area contributed by atoms with Gasteiger partial charge in [-0.15, -0.1) is 0 Å². The van der Waals surface area contributed by atoms with Crippen LogP contribution in [0.25, 0.3) is 16.7 Å². The van der Waals surface area contributed by atoms with Crippen LogP contribution in [0.15, 0.2) is 41.0 Å². The number of aromatic nitrogens is 3. The summed E-state index contributed by atoms with van der Waals surface area (Å²) in [6, 6.07) is 9.38. The van der Waals surface area contributed by atoms with E-state index in [9.17, 15) is 5.11 Å². The van der Waals surface area contributed by atoms with E-state index >= 15 is 0 Å². The lowest BCUT2D eigenvalue weighted by Gasteiger charge is -2.07. The molecule has 0 saturated carbocycles. The molecule has 1 N–H and O–H groups in total. The van der Waals surface area contributed by atoms with Gasteiger partial charge in [0.25, 0.3) is 0 Å². The highest BCUT2D eigenvalue weighted by molar-refractivity contribution is 9.10. The van der Waals surface area contributed by atoms with Crippen molar-refractivity contribution in [1.82, 2.24) is 14.8 Å². The van der Waals surface area contributed by atoms with E-state index < -0.39 is 0 Å². The number of hydrogen-bond acceptors (Lipinski definition) is 4. The first kappa shape index (κ1) is 14.0. The average molecular weight is 348 g/mol. The molecule has 2 aromatic heterocycles.